The van der Waals surface area contributed by atoms with Gasteiger partial charge in [-0.1, -0.05) is 6.58 Å². The van der Waals surface area contributed by atoms with Crippen molar-refractivity contribution in [2.45, 2.75) is 56.8 Å². The van der Waals surface area contributed by atoms with Gasteiger partial charge in [0, 0.05) is 29.9 Å². The van der Waals surface area contributed by atoms with E-state index in [9.17, 15) is 9.18 Å². The van der Waals surface area contributed by atoms with E-state index in [0.29, 0.717) is 54.8 Å². The van der Waals surface area contributed by atoms with Crippen LogP contribution in [0.2, 0.25) is 0 Å². The standard InChI is InChI=1S/C23H31FN8O/c1-14-15(11-20(33)26-14)10-16-12-25-32-21(16)28-22(29-23(32)31-9-8-17(24)13-31)27-18-4-6-19(7-5-18)30(2)3/h10,12,17-19H,1,4-9,11,13H2,2-3H3,(H,26,33)(H,27,28)/b15-10+/t17-,18?,19?/m1/s1. The van der Waals surface area contributed by atoms with E-state index in [2.05, 4.69) is 41.3 Å². The molecule has 5 rings (SSSR count). The zero-order valence-corrected chi connectivity index (χ0v) is 19.2. The van der Waals surface area contributed by atoms with Gasteiger partial charge in [0.25, 0.3) is 0 Å². The number of halogens is 1. The number of nitrogens with one attached hydrogen (secondary N) is 2. The fourth-order valence-corrected chi connectivity index (χ4v) is 4.97. The molecule has 0 bridgehead atoms. The van der Waals surface area contributed by atoms with Crippen LogP contribution in [0.1, 0.15) is 44.1 Å². The normalized spacial score (nSPS) is 27.2. The highest BCUT2D eigenvalue weighted by molar-refractivity contribution is 5.89. The Kier molecular flexibility index (Phi) is 5.77. The lowest BCUT2D eigenvalue weighted by Gasteiger charge is -2.33. The molecule has 3 fully saturated rings. The van der Waals surface area contributed by atoms with E-state index >= 15 is 0 Å². The van der Waals surface area contributed by atoms with Crippen molar-refractivity contribution in [2.75, 3.05) is 37.4 Å². The van der Waals surface area contributed by atoms with Gasteiger partial charge in [0.1, 0.15) is 6.17 Å². The molecule has 4 heterocycles. The van der Waals surface area contributed by atoms with Crippen LogP contribution in [0.15, 0.2) is 24.0 Å². The van der Waals surface area contributed by atoms with Crippen molar-refractivity contribution in [1.82, 2.24) is 29.8 Å². The Hall–Kier alpha value is -3.01. The number of aromatic nitrogens is 4. The van der Waals surface area contributed by atoms with Gasteiger partial charge in [0.2, 0.25) is 17.8 Å². The topological polar surface area (TPSA) is 90.7 Å². The SMILES string of the molecule is C=C1NC(=O)C/C1=C\c1cnn2c(N3CC[C@@H](F)C3)nc(NC3CCC(N(C)C)CC3)nc12. The van der Waals surface area contributed by atoms with Gasteiger partial charge in [-0.25, -0.2) is 4.39 Å². The second-order valence-electron chi connectivity index (χ2n) is 9.50. The van der Waals surface area contributed by atoms with Crippen LogP contribution < -0.4 is 15.5 Å². The Labute approximate surface area is 192 Å². The Balaban J connectivity index is 1.48. The molecule has 0 unspecified atom stereocenters. The van der Waals surface area contributed by atoms with Crippen molar-refractivity contribution in [3.63, 3.8) is 0 Å². The molecule has 176 valence electrons. The lowest BCUT2D eigenvalue weighted by molar-refractivity contribution is -0.118. The minimum Gasteiger partial charge on any atom is -0.351 e. The van der Waals surface area contributed by atoms with Crippen LogP contribution in [0.4, 0.5) is 16.3 Å². The maximum Gasteiger partial charge on any atom is 0.231 e. The third-order valence-electron chi connectivity index (χ3n) is 6.91. The molecule has 0 aromatic carbocycles. The summed E-state index contributed by atoms with van der Waals surface area (Å²) < 4.78 is 15.7. The van der Waals surface area contributed by atoms with E-state index in [4.69, 9.17) is 9.97 Å². The number of hydrogen-bond acceptors (Lipinski definition) is 7. The molecule has 2 saturated heterocycles. The Bertz CT molecular complexity index is 1100. The summed E-state index contributed by atoms with van der Waals surface area (Å²) in [6, 6.07) is 0.905. The molecule has 3 aliphatic rings. The monoisotopic (exact) mass is 454 g/mol. The molecule has 10 heteroatoms. The summed E-state index contributed by atoms with van der Waals surface area (Å²) in [5.41, 5.74) is 2.83. The van der Waals surface area contributed by atoms with Crippen molar-refractivity contribution >= 4 is 29.5 Å². The van der Waals surface area contributed by atoms with Gasteiger partial charge in [-0.05, 0) is 57.8 Å². The number of fused-ring (bicyclic) bond motifs is 1. The second-order valence-corrected chi connectivity index (χ2v) is 9.50. The molecular formula is C23H31FN8O. The van der Waals surface area contributed by atoms with Gasteiger partial charge in [0.05, 0.1) is 19.2 Å². The minimum absolute atomic E-state index is 0.0697. The molecule has 0 radical (unpaired) electrons. The molecule has 1 aliphatic carbocycles. The van der Waals surface area contributed by atoms with Gasteiger partial charge in [-0.2, -0.15) is 19.6 Å². The molecule has 2 N–H and O–H groups in total. The number of nitrogens with zero attached hydrogens (tertiary/aromatic N) is 6. The fraction of sp³-hybridized carbons (Fsp3) is 0.565. The van der Waals surface area contributed by atoms with Crippen LogP contribution in [-0.2, 0) is 4.79 Å². The summed E-state index contributed by atoms with van der Waals surface area (Å²) in [5, 5.41) is 10.8. The van der Waals surface area contributed by atoms with Gasteiger partial charge < -0.3 is 20.4 Å². The van der Waals surface area contributed by atoms with Crippen LogP contribution in [0, 0.1) is 0 Å². The van der Waals surface area contributed by atoms with Crippen molar-refractivity contribution < 1.29 is 9.18 Å². The lowest BCUT2D eigenvalue weighted by Crippen LogP contribution is -2.36. The summed E-state index contributed by atoms with van der Waals surface area (Å²) in [5.74, 6) is 1.06. The number of carbonyl (C=O) groups is 1. The quantitative estimate of drug-likeness (QED) is 0.717. The number of hydrogen-bond donors (Lipinski definition) is 2. The molecule has 0 spiro atoms. The van der Waals surface area contributed by atoms with E-state index < -0.39 is 6.17 Å². The first-order valence-corrected chi connectivity index (χ1v) is 11.6. The highest BCUT2D eigenvalue weighted by atomic mass is 19.1. The maximum atomic E-state index is 14.0. The third kappa shape index (κ3) is 4.44. The van der Waals surface area contributed by atoms with Gasteiger partial charge in [-0.3, -0.25) is 4.79 Å². The molecule has 1 amide bonds. The number of rotatable bonds is 5. The van der Waals surface area contributed by atoms with E-state index in [1.165, 1.54) is 0 Å². The Morgan fingerprint density at radius 2 is 2.03 bits per heavy atom. The molecule has 2 aliphatic heterocycles. The summed E-state index contributed by atoms with van der Waals surface area (Å²) in [7, 11) is 4.27. The number of alkyl halides is 1. The van der Waals surface area contributed by atoms with E-state index in [1.807, 2.05) is 11.0 Å². The smallest absolute Gasteiger partial charge is 0.231 e. The van der Waals surface area contributed by atoms with Crippen molar-refractivity contribution in [1.29, 1.82) is 0 Å². The molecule has 2 aromatic heterocycles. The third-order valence-corrected chi connectivity index (χ3v) is 6.91. The van der Waals surface area contributed by atoms with Crippen molar-refractivity contribution in [3.05, 3.63) is 29.6 Å². The first-order chi connectivity index (χ1) is 15.9. The predicted molar refractivity (Wildman–Crippen MR) is 126 cm³/mol. The first-order valence-electron chi connectivity index (χ1n) is 11.6. The van der Waals surface area contributed by atoms with Crippen LogP contribution >= 0.6 is 0 Å². The lowest BCUT2D eigenvalue weighted by atomic mass is 9.91. The second kappa shape index (κ2) is 8.74. The maximum absolute atomic E-state index is 14.0. The zero-order chi connectivity index (χ0) is 23.1. The Morgan fingerprint density at radius 1 is 1.24 bits per heavy atom. The van der Waals surface area contributed by atoms with Gasteiger partial charge in [-0.15, -0.1) is 0 Å². The first kappa shape index (κ1) is 21.8. The summed E-state index contributed by atoms with van der Waals surface area (Å²) in [4.78, 5) is 25.5. The van der Waals surface area contributed by atoms with E-state index in [0.717, 1.165) is 36.8 Å². The summed E-state index contributed by atoms with van der Waals surface area (Å²) in [6.45, 7) is 4.81. The summed E-state index contributed by atoms with van der Waals surface area (Å²) in [6.07, 6.45) is 7.85. The molecule has 2 aromatic rings. The number of carbonyl (C=O) groups excluding carboxylic acids is 1. The average Bonchev–Trinajstić information content (AvgIpc) is 3.47. The van der Waals surface area contributed by atoms with Crippen LogP contribution in [0.3, 0.4) is 0 Å². The number of allylic oxidation sites excluding steroid dienone is 1. The summed E-state index contributed by atoms with van der Waals surface area (Å²) >= 11 is 0. The van der Waals surface area contributed by atoms with Crippen LogP contribution in [0.25, 0.3) is 11.7 Å². The number of amides is 1. The molecule has 33 heavy (non-hydrogen) atoms. The van der Waals surface area contributed by atoms with E-state index in [1.54, 1.807) is 10.7 Å². The Morgan fingerprint density at radius 3 is 2.67 bits per heavy atom. The van der Waals surface area contributed by atoms with E-state index in [-0.39, 0.29) is 12.3 Å². The van der Waals surface area contributed by atoms with Crippen molar-refractivity contribution in [2.24, 2.45) is 0 Å². The number of anilines is 2. The molecule has 1 saturated carbocycles. The van der Waals surface area contributed by atoms with Crippen LogP contribution in [-0.4, -0.2) is 75.8 Å². The fourth-order valence-electron chi connectivity index (χ4n) is 4.97. The highest BCUT2D eigenvalue weighted by Gasteiger charge is 2.28. The minimum atomic E-state index is -0.871. The largest absolute Gasteiger partial charge is 0.351 e. The predicted octanol–water partition coefficient (Wildman–Crippen LogP) is 2.37. The van der Waals surface area contributed by atoms with Crippen LogP contribution in [0.5, 0.6) is 0 Å². The molecular weight excluding hydrogens is 423 g/mol. The zero-order valence-electron chi connectivity index (χ0n) is 19.2. The van der Waals surface area contributed by atoms with Gasteiger partial charge >= 0.3 is 0 Å². The molecule has 1 atom stereocenters. The van der Waals surface area contributed by atoms with Crippen molar-refractivity contribution in [3.8, 4) is 0 Å². The molecule has 9 nitrogen and oxygen atoms in total. The van der Waals surface area contributed by atoms with Gasteiger partial charge in [0.15, 0.2) is 5.65 Å². The highest BCUT2D eigenvalue weighted by Crippen LogP contribution is 2.28. The average molecular weight is 455 g/mol.